The Morgan fingerprint density at radius 3 is 2.42 bits per heavy atom. The predicted octanol–water partition coefficient (Wildman–Crippen LogP) is 3.33. The lowest BCUT2D eigenvalue weighted by Crippen LogP contribution is -2.37. The number of nitrogens with two attached hydrogens (primary N) is 1. The second kappa shape index (κ2) is 13.4. The van der Waals surface area contributed by atoms with E-state index in [0.717, 1.165) is 9.87 Å². The Kier molecular flexibility index (Phi) is 9.78. The van der Waals surface area contributed by atoms with Gasteiger partial charge >= 0.3 is 0 Å². The molecule has 40 heavy (non-hydrogen) atoms. The van der Waals surface area contributed by atoms with Crippen molar-refractivity contribution in [2.75, 3.05) is 44.5 Å². The highest BCUT2D eigenvalue weighted by atomic mass is 32.2. The lowest BCUT2D eigenvalue weighted by atomic mass is 9.93. The molecular weight excluding hydrogens is 534 g/mol. The topological polar surface area (TPSA) is 140 Å². The highest BCUT2D eigenvalue weighted by Crippen LogP contribution is 2.32. The molecule has 11 heteroatoms. The van der Waals surface area contributed by atoms with Gasteiger partial charge in [-0.1, -0.05) is 42.5 Å². The summed E-state index contributed by atoms with van der Waals surface area (Å²) < 4.78 is 44.5. The largest absolute Gasteiger partial charge is 0.497 e. The first-order valence-electron chi connectivity index (χ1n) is 12.8. The molecule has 4 rings (SSSR count). The molecule has 1 aliphatic rings. The smallest absolute Gasteiger partial charge is 0.290 e. The molecule has 0 fully saturated rings. The molecule has 1 aliphatic heterocycles. The van der Waals surface area contributed by atoms with Crippen LogP contribution < -0.4 is 15.8 Å². The fraction of sp³-hybridized carbons (Fsp3) is 0.276. The lowest BCUT2D eigenvalue weighted by molar-refractivity contribution is -0.143. The van der Waals surface area contributed by atoms with Gasteiger partial charge in [-0.05, 0) is 48.0 Å². The summed E-state index contributed by atoms with van der Waals surface area (Å²) in [5.41, 5.74) is 7.83. The lowest BCUT2D eigenvalue weighted by Gasteiger charge is -2.30. The Balaban J connectivity index is 1.46. The number of nitrogens with zero attached hydrogens (tertiary/aromatic N) is 1. The maximum Gasteiger partial charge on any atom is 0.290 e. The molecule has 0 aromatic heterocycles. The van der Waals surface area contributed by atoms with Crippen LogP contribution in [0.15, 0.2) is 95.6 Å². The van der Waals surface area contributed by atoms with E-state index in [0.29, 0.717) is 23.5 Å². The van der Waals surface area contributed by atoms with E-state index < -0.39 is 22.2 Å². The van der Waals surface area contributed by atoms with E-state index in [1.165, 1.54) is 19.2 Å². The van der Waals surface area contributed by atoms with Gasteiger partial charge in [-0.2, -0.15) is 4.31 Å². The van der Waals surface area contributed by atoms with Gasteiger partial charge in [0.25, 0.3) is 5.91 Å². The summed E-state index contributed by atoms with van der Waals surface area (Å²) >= 11 is 0. The van der Waals surface area contributed by atoms with Crippen LogP contribution in [0.3, 0.4) is 0 Å². The third-order valence-electron chi connectivity index (χ3n) is 6.41. The monoisotopic (exact) mass is 567 g/mol. The van der Waals surface area contributed by atoms with Crippen molar-refractivity contribution in [2.45, 2.75) is 23.5 Å². The normalized spacial score (nSPS) is 17.1. The van der Waals surface area contributed by atoms with Crippen molar-refractivity contribution in [1.82, 2.24) is 4.31 Å². The molecule has 2 atom stereocenters. The Labute approximate surface area is 234 Å². The van der Waals surface area contributed by atoms with Crippen LogP contribution in [-0.2, 0) is 24.3 Å². The van der Waals surface area contributed by atoms with Crippen molar-refractivity contribution in [3.8, 4) is 5.75 Å². The first-order valence-corrected chi connectivity index (χ1v) is 14.2. The molecule has 3 aromatic rings. The number of ether oxygens (including phenoxy) is 3. The average Bonchev–Trinajstić information content (AvgIpc) is 2.98. The van der Waals surface area contributed by atoms with Crippen LogP contribution in [0.4, 0.5) is 11.4 Å². The van der Waals surface area contributed by atoms with Crippen LogP contribution in [0.2, 0.25) is 0 Å². The van der Waals surface area contributed by atoms with Crippen molar-refractivity contribution in [2.24, 2.45) is 0 Å². The fourth-order valence-electron chi connectivity index (χ4n) is 4.29. The molecule has 2 unspecified atom stereocenters. The highest BCUT2D eigenvalue weighted by Gasteiger charge is 2.30. The summed E-state index contributed by atoms with van der Waals surface area (Å²) in [6.45, 7) is -0.526. The number of aliphatic hydroxyl groups is 1. The Morgan fingerprint density at radius 1 is 1.05 bits per heavy atom. The SMILES string of the molecule is COc1ccc(S(=O)(=O)N(CCO)CCOC2CC(c3ccccc3)C=C(C(=O)Nc3ccccc3N)O2)cc1. The van der Waals surface area contributed by atoms with Crippen molar-refractivity contribution < 1.29 is 32.5 Å². The number of anilines is 2. The van der Waals surface area contributed by atoms with E-state index in [1.54, 1.807) is 42.5 Å². The number of sulfonamides is 1. The van der Waals surface area contributed by atoms with Crippen LogP contribution in [0.5, 0.6) is 5.75 Å². The molecule has 0 spiro atoms. The van der Waals surface area contributed by atoms with Crippen LogP contribution in [0, 0.1) is 0 Å². The standard InChI is InChI=1S/C29H33N3O7S/c1-37-23-11-13-24(14-12-23)40(35,36)32(15-17-33)16-18-38-28-20-22(21-7-3-2-4-8-21)19-27(39-28)29(34)31-26-10-6-5-9-25(26)30/h2-14,19,22,28,33H,15-18,20,30H2,1H3,(H,31,34). The number of hydrogen-bond donors (Lipinski definition) is 3. The number of allylic oxidation sites excluding steroid dienone is 1. The summed E-state index contributed by atoms with van der Waals surface area (Å²) in [4.78, 5) is 13.2. The van der Waals surface area contributed by atoms with E-state index in [9.17, 15) is 18.3 Å². The maximum absolute atomic E-state index is 13.2. The van der Waals surface area contributed by atoms with Crippen molar-refractivity contribution >= 4 is 27.3 Å². The molecular formula is C29H33N3O7S. The Morgan fingerprint density at radius 2 is 1.75 bits per heavy atom. The molecule has 1 amide bonds. The summed E-state index contributed by atoms with van der Waals surface area (Å²) in [6.07, 6.45) is 1.35. The molecule has 10 nitrogen and oxygen atoms in total. The molecule has 0 saturated carbocycles. The molecule has 1 heterocycles. The zero-order valence-corrected chi connectivity index (χ0v) is 22.9. The molecule has 212 valence electrons. The van der Waals surface area contributed by atoms with E-state index in [-0.39, 0.29) is 42.9 Å². The zero-order valence-electron chi connectivity index (χ0n) is 22.1. The Hall–Kier alpha value is -3.90. The first-order chi connectivity index (χ1) is 19.3. The minimum atomic E-state index is -3.90. The third kappa shape index (κ3) is 7.19. The van der Waals surface area contributed by atoms with E-state index >= 15 is 0 Å². The van der Waals surface area contributed by atoms with E-state index in [1.807, 2.05) is 30.3 Å². The fourth-order valence-corrected chi connectivity index (χ4v) is 5.71. The van der Waals surface area contributed by atoms with Gasteiger partial charge in [0, 0.05) is 25.4 Å². The molecule has 4 N–H and O–H groups in total. The predicted molar refractivity (Wildman–Crippen MR) is 151 cm³/mol. The van der Waals surface area contributed by atoms with Gasteiger partial charge in [0.15, 0.2) is 5.76 Å². The molecule has 3 aromatic carbocycles. The van der Waals surface area contributed by atoms with Gasteiger partial charge in [-0.3, -0.25) is 4.79 Å². The highest BCUT2D eigenvalue weighted by molar-refractivity contribution is 7.89. The number of methoxy groups -OCH3 is 1. The number of amides is 1. The number of hydrogen-bond acceptors (Lipinski definition) is 8. The Bertz CT molecular complexity index is 1410. The molecule has 0 radical (unpaired) electrons. The summed E-state index contributed by atoms with van der Waals surface area (Å²) in [5.74, 6) is -0.0470. The van der Waals surface area contributed by atoms with Crippen LogP contribution >= 0.6 is 0 Å². The first kappa shape index (κ1) is 29.1. The molecule has 0 bridgehead atoms. The van der Waals surface area contributed by atoms with Crippen molar-refractivity contribution in [3.05, 3.63) is 96.3 Å². The minimum Gasteiger partial charge on any atom is -0.497 e. The second-order valence-electron chi connectivity index (χ2n) is 9.05. The van der Waals surface area contributed by atoms with Crippen LogP contribution in [-0.4, -0.2) is 63.4 Å². The van der Waals surface area contributed by atoms with E-state index in [2.05, 4.69) is 5.32 Å². The third-order valence-corrected chi connectivity index (χ3v) is 8.32. The van der Waals surface area contributed by atoms with Gasteiger partial charge in [-0.15, -0.1) is 0 Å². The van der Waals surface area contributed by atoms with Crippen molar-refractivity contribution in [3.63, 3.8) is 0 Å². The van der Waals surface area contributed by atoms with Gasteiger partial charge in [0.05, 0.1) is 36.6 Å². The summed E-state index contributed by atoms with van der Waals surface area (Å²) in [6, 6.07) is 22.6. The number of carbonyl (C=O) groups is 1. The number of carbonyl (C=O) groups excluding carboxylic acids is 1. The van der Waals surface area contributed by atoms with Crippen LogP contribution in [0.25, 0.3) is 0 Å². The second-order valence-corrected chi connectivity index (χ2v) is 11.0. The average molecular weight is 568 g/mol. The quantitative estimate of drug-likeness (QED) is 0.283. The number of nitrogens with one attached hydrogen (secondary N) is 1. The minimum absolute atomic E-state index is 0.0257. The molecule has 0 aliphatic carbocycles. The van der Waals surface area contributed by atoms with Gasteiger partial charge in [0.2, 0.25) is 16.3 Å². The molecule has 0 saturated heterocycles. The maximum atomic E-state index is 13.2. The van der Waals surface area contributed by atoms with E-state index in [4.69, 9.17) is 19.9 Å². The number of aliphatic hydroxyl groups excluding tert-OH is 1. The van der Waals surface area contributed by atoms with Gasteiger partial charge in [-0.25, -0.2) is 8.42 Å². The van der Waals surface area contributed by atoms with Crippen LogP contribution in [0.1, 0.15) is 17.9 Å². The number of nitrogen functional groups attached to an aromatic ring is 1. The number of para-hydroxylation sites is 2. The van der Waals surface area contributed by atoms with Gasteiger partial charge < -0.3 is 30.4 Å². The summed E-state index contributed by atoms with van der Waals surface area (Å²) in [5, 5.41) is 12.3. The van der Waals surface area contributed by atoms with Gasteiger partial charge in [0.1, 0.15) is 5.75 Å². The zero-order chi connectivity index (χ0) is 28.5. The summed E-state index contributed by atoms with van der Waals surface area (Å²) in [7, 11) is -2.40. The van der Waals surface area contributed by atoms with Crippen molar-refractivity contribution in [1.29, 1.82) is 0 Å². The number of rotatable bonds is 12. The number of benzene rings is 3.